The van der Waals surface area contributed by atoms with Crippen LogP contribution in [0.3, 0.4) is 0 Å². The van der Waals surface area contributed by atoms with Gasteiger partial charge in [-0.3, -0.25) is 4.79 Å². The van der Waals surface area contributed by atoms with Gasteiger partial charge in [-0.25, -0.2) is 10.4 Å². The van der Waals surface area contributed by atoms with E-state index in [1.54, 1.807) is 18.2 Å². The highest BCUT2D eigenvalue weighted by molar-refractivity contribution is 9.10. The van der Waals surface area contributed by atoms with Gasteiger partial charge in [0.2, 0.25) is 0 Å². The number of para-hydroxylation sites is 1. The molecule has 2 aromatic carbocycles. The van der Waals surface area contributed by atoms with Gasteiger partial charge in [0.05, 0.1) is 23.3 Å². The molecule has 0 spiro atoms. The number of aromatic nitrogens is 1. The van der Waals surface area contributed by atoms with Crippen LogP contribution in [0.1, 0.15) is 16.1 Å². The molecule has 7 heteroatoms. The van der Waals surface area contributed by atoms with E-state index in [1.807, 2.05) is 30.3 Å². The van der Waals surface area contributed by atoms with E-state index < -0.39 is 5.91 Å². The molecule has 0 bridgehead atoms. The second-order valence-corrected chi connectivity index (χ2v) is 6.00. The molecule has 0 fully saturated rings. The summed E-state index contributed by atoms with van der Waals surface area (Å²) in [6.07, 6.45) is 1.45. The van der Waals surface area contributed by atoms with E-state index in [4.69, 9.17) is 4.74 Å². The Bertz CT molecular complexity index is 973. The number of hydrogen-bond acceptors (Lipinski definition) is 5. The molecule has 1 aromatic heterocycles. The molecule has 0 radical (unpaired) electrons. The van der Waals surface area contributed by atoms with Gasteiger partial charge in [-0.15, -0.1) is 0 Å². The van der Waals surface area contributed by atoms with E-state index in [2.05, 4.69) is 31.4 Å². The smallest absolute Gasteiger partial charge is 0.289 e. The number of halogens is 1. The van der Waals surface area contributed by atoms with E-state index in [0.717, 1.165) is 10.9 Å². The topological polar surface area (TPSA) is 83.8 Å². The average molecular weight is 400 g/mol. The molecule has 6 nitrogen and oxygen atoms in total. The molecule has 3 aromatic rings. The Kier molecular flexibility index (Phi) is 4.95. The highest BCUT2D eigenvalue weighted by Gasteiger charge is 2.09. The third kappa shape index (κ3) is 3.77. The van der Waals surface area contributed by atoms with Crippen LogP contribution in [0.2, 0.25) is 0 Å². The first kappa shape index (κ1) is 16.9. The SMILES string of the molecule is COc1cc(/C=N/NC(=O)c2ccc3ccccc3n2)cc(Br)c1O. The molecule has 3 rings (SSSR count). The van der Waals surface area contributed by atoms with Crippen LogP contribution in [0.25, 0.3) is 10.9 Å². The zero-order valence-corrected chi connectivity index (χ0v) is 14.8. The summed E-state index contributed by atoms with van der Waals surface area (Å²) in [4.78, 5) is 16.5. The maximum absolute atomic E-state index is 12.2. The summed E-state index contributed by atoms with van der Waals surface area (Å²) >= 11 is 3.23. The van der Waals surface area contributed by atoms with E-state index in [-0.39, 0.29) is 11.4 Å². The van der Waals surface area contributed by atoms with E-state index in [9.17, 15) is 9.90 Å². The average Bonchev–Trinajstić information content (AvgIpc) is 2.63. The van der Waals surface area contributed by atoms with Crippen LogP contribution in [-0.4, -0.2) is 29.3 Å². The maximum atomic E-state index is 12.2. The molecule has 1 heterocycles. The summed E-state index contributed by atoms with van der Waals surface area (Å²) in [6, 6.07) is 14.3. The fourth-order valence-corrected chi connectivity index (χ4v) is 2.70. The first-order valence-corrected chi connectivity index (χ1v) is 8.13. The molecular formula is C18H14BrN3O3. The number of carbonyl (C=O) groups is 1. The van der Waals surface area contributed by atoms with Crippen LogP contribution >= 0.6 is 15.9 Å². The van der Waals surface area contributed by atoms with E-state index in [1.165, 1.54) is 13.3 Å². The van der Waals surface area contributed by atoms with Crippen molar-refractivity contribution >= 4 is 39.0 Å². The lowest BCUT2D eigenvalue weighted by Gasteiger charge is -2.06. The number of pyridine rings is 1. The number of phenolic OH excluding ortho intramolecular Hbond substituents is 1. The van der Waals surface area contributed by atoms with Crippen LogP contribution in [0.5, 0.6) is 11.5 Å². The Morgan fingerprint density at radius 3 is 2.88 bits per heavy atom. The minimum absolute atomic E-state index is 0.00375. The van der Waals surface area contributed by atoms with Gasteiger partial charge in [-0.1, -0.05) is 24.3 Å². The van der Waals surface area contributed by atoms with E-state index in [0.29, 0.717) is 15.8 Å². The number of nitrogens with one attached hydrogen (secondary N) is 1. The number of hydrogen-bond donors (Lipinski definition) is 2. The summed E-state index contributed by atoms with van der Waals surface area (Å²) in [5, 5.41) is 14.7. The zero-order chi connectivity index (χ0) is 17.8. The Balaban J connectivity index is 1.75. The van der Waals surface area contributed by atoms with Crippen molar-refractivity contribution in [2.75, 3.05) is 7.11 Å². The Morgan fingerprint density at radius 2 is 2.08 bits per heavy atom. The van der Waals surface area contributed by atoms with Gasteiger partial charge in [0.15, 0.2) is 11.5 Å². The maximum Gasteiger partial charge on any atom is 0.289 e. The van der Waals surface area contributed by atoms with Crippen LogP contribution in [0.15, 0.2) is 58.1 Å². The Hall–Kier alpha value is -2.93. The summed E-state index contributed by atoms with van der Waals surface area (Å²) in [6.45, 7) is 0. The standard InChI is InChI=1S/C18H14BrN3O3/c1-25-16-9-11(8-13(19)17(16)23)10-20-22-18(24)15-7-6-12-4-2-3-5-14(12)21-15/h2-10,23H,1H3,(H,22,24)/b20-10+. The number of aromatic hydroxyl groups is 1. The molecule has 0 saturated heterocycles. The van der Waals surface area contributed by atoms with Crippen molar-refractivity contribution < 1.29 is 14.6 Å². The van der Waals surface area contributed by atoms with Crippen molar-refractivity contribution in [2.24, 2.45) is 5.10 Å². The van der Waals surface area contributed by atoms with Crippen molar-refractivity contribution in [1.29, 1.82) is 0 Å². The number of phenols is 1. The van der Waals surface area contributed by atoms with Gasteiger partial charge in [-0.05, 0) is 45.8 Å². The number of amides is 1. The van der Waals surface area contributed by atoms with Gasteiger partial charge in [0.25, 0.3) is 5.91 Å². The van der Waals surface area contributed by atoms with Crippen molar-refractivity contribution in [3.63, 3.8) is 0 Å². The molecule has 25 heavy (non-hydrogen) atoms. The van der Waals surface area contributed by atoms with Gasteiger partial charge < -0.3 is 9.84 Å². The predicted octanol–water partition coefficient (Wildman–Crippen LogP) is 3.48. The third-order valence-electron chi connectivity index (χ3n) is 3.48. The number of benzene rings is 2. The monoisotopic (exact) mass is 399 g/mol. The van der Waals surface area contributed by atoms with Crippen LogP contribution < -0.4 is 10.2 Å². The molecule has 126 valence electrons. The lowest BCUT2D eigenvalue weighted by Crippen LogP contribution is -2.18. The first-order valence-electron chi connectivity index (χ1n) is 7.34. The fraction of sp³-hybridized carbons (Fsp3) is 0.0556. The Labute approximate surface area is 152 Å². The minimum Gasteiger partial charge on any atom is -0.503 e. The van der Waals surface area contributed by atoms with Gasteiger partial charge in [0.1, 0.15) is 5.69 Å². The number of ether oxygens (including phenoxy) is 1. The molecule has 0 aliphatic rings. The third-order valence-corrected chi connectivity index (χ3v) is 4.09. The zero-order valence-electron chi connectivity index (χ0n) is 13.2. The number of methoxy groups -OCH3 is 1. The van der Waals surface area contributed by atoms with Crippen LogP contribution in [0.4, 0.5) is 0 Å². The molecule has 0 saturated carbocycles. The summed E-state index contributed by atoms with van der Waals surface area (Å²) in [5.74, 6) is -0.103. The summed E-state index contributed by atoms with van der Waals surface area (Å²) in [5.41, 5.74) is 4.10. The molecule has 2 N–H and O–H groups in total. The second kappa shape index (κ2) is 7.31. The summed E-state index contributed by atoms with van der Waals surface area (Å²) < 4.78 is 5.53. The van der Waals surface area contributed by atoms with Gasteiger partial charge in [0, 0.05) is 5.39 Å². The van der Waals surface area contributed by atoms with Gasteiger partial charge >= 0.3 is 0 Å². The van der Waals surface area contributed by atoms with Crippen molar-refractivity contribution in [2.45, 2.75) is 0 Å². The summed E-state index contributed by atoms with van der Waals surface area (Å²) in [7, 11) is 1.45. The molecular weight excluding hydrogens is 386 g/mol. The number of rotatable bonds is 4. The quantitative estimate of drug-likeness (QED) is 0.519. The predicted molar refractivity (Wildman–Crippen MR) is 99.2 cm³/mol. The lowest BCUT2D eigenvalue weighted by atomic mass is 10.2. The molecule has 0 aliphatic heterocycles. The van der Waals surface area contributed by atoms with Crippen molar-refractivity contribution in [1.82, 2.24) is 10.4 Å². The van der Waals surface area contributed by atoms with Crippen LogP contribution in [-0.2, 0) is 0 Å². The number of carbonyl (C=O) groups excluding carboxylic acids is 1. The normalized spacial score (nSPS) is 11.0. The molecule has 0 unspecified atom stereocenters. The van der Waals surface area contributed by atoms with Crippen molar-refractivity contribution in [3.05, 3.63) is 64.3 Å². The second-order valence-electron chi connectivity index (χ2n) is 5.14. The molecule has 0 atom stereocenters. The van der Waals surface area contributed by atoms with Crippen molar-refractivity contribution in [3.8, 4) is 11.5 Å². The number of fused-ring (bicyclic) bond motifs is 1. The lowest BCUT2D eigenvalue weighted by molar-refractivity contribution is 0.0950. The van der Waals surface area contributed by atoms with Crippen LogP contribution in [0, 0.1) is 0 Å². The fourth-order valence-electron chi connectivity index (χ4n) is 2.24. The Morgan fingerprint density at radius 1 is 1.28 bits per heavy atom. The molecule has 0 aliphatic carbocycles. The molecule has 1 amide bonds. The number of hydrazone groups is 1. The minimum atomic E-state index is -0.410. The highest BCUT2D eigenvalue weighted by Crippen LogP contribution is 2.34. The first-order chi connectivity index (χ1) is 12.1. The number of nitrogens with zero attached hydrogens (tertiary/aromatic N) is 2. The van der Waals surface area contributed by atoms with E-state index >= 15 is 0 Å². The largest absolute Gasteiger partial charge is 0.503 e. The van der Waals surface area contributed by atoms with Gasteiger partial charge in [-0.2, -0.15) is 5.10 Å². The highest BCUT2D eigenvalue weighted by atomic mass is 79.9.